The highest BCUT2D eigenvalue weighted by Crippen LogP contribution is 2.16. The molecule has 14 heavy (non-hydrogen) atoms. The van der Waals surface area contributed by atoms with E-state index in [2.05, 4.69) is 28.9 Å². The van der Waals surface area contributed by atoms with Gasteiger partial charge in [0.15, 0.2) is 5.65 Å². The highest BCUT2D eigenvalue weighted by Gasteiger charge is 2.07. The molecule has 2 N–H and O–H groups in total. The Kier molecular flexibility index (Phi) is 2.07. The molecule has 0 aliphatic heterocycles. The van der Waals surface area contributed by atoms with Gasteiger partial charge in [-0.05, 0) is 5.92 Å². The van der Waals surface area contributed by atoms with Gasteiger partial charge in [-0.25, -0.2) is 14.6 Å². The minimum absolute atomic E-state index is 0.491. The minimum Gasteiger partial charge on any atom is -0.383 e. The molecule has 2 rings (SSSR count). The van der Waals surface area contributed by atoms with E-state index in [4.69, 9.17) is 5.73 Å². The number of hydrogen-bond donors (Lipinski definition) is 1. The van der Waals surface area contributed by atoms with Crippen LogP contribution in [0.1, 0.15) is 13.8 Å². The number of fused-ring (bicyclic) bond motifs is 1. The van der Waals surface area contributed by atoms with Crippen molar-refractivity contribution >= 4 is 16.9 Å². The second kappa shape index (κ2) is 3.25. The van der Waals surface area contributed by atoms with Crippen LogP contribution in [0.5, 0.6) is 0 Å². The van der Waals surface area contributed by atoms with Crippen molar-refractivity contribution in [2.75, 3.05) is 5.73 Å². The molecular formula is C9H13N5. The molecule has 0 saturated carbocycles. The zero-order valence-electron chi connectivity index (χ0n) is 8.31. The van der Waals surface area contributed by atoms with Crippen LogP contribution in [0.2, 0.25) is 0 Å². The van der Waals surface area contributed by atoms with Gasteiger partial charge >= 0.3 is 0 Å². The molecule has 74 valence electrons. The maximum absolute atomic E-state index is 5.70. The third-order valence-electron chi connectivity index (χ3n) is 2.00. The molecule has 0 saturated heterocycles. The predicted octanol–water partition coefficient (Wildman–Crippen LogP) is 1.06. The zero-order valence-corrected chi connectivity index (χ0v) is 8.31. The number of nitrogens with two attached hydrogens (primary N) is 1. The van der Waals surface area contributed by atoms with Crippen LogP contribution in [0.15, 0.2) is 12.5 Å². The van der Waals surface area contributed by atoms with E-state index in [9.17, 15) is 0 Å². The van der Waals surface area contributed by atoms with Crippen molar-refractivity contribution < 1.29 is 0 Å². The fourth-order valence-electron chi connectivity index (χ4n) is 1.39. The van der Waals surface area contributed by atoms with Crippen LogP contribution in [0.3, 0.4) is 0 Å². The van der Waals surface area contributed by atoms with Crippen LogP contribution in [0.25, 0.3) is 11.0 Å². The van der Waals surface area contributed by atoms with Crippen molar-refractivity contribution in [3.63, 3.8) is 0 Å². The second-order valence-corrected chi connectivity index (χ2v) is 3.72. The summed E-state index contributed by atoms with van der Waals surface area (Å²) in [7, 11) is 0. The lowest BCUT2D eigenvalue weighted by Crippen LogP contribution is -2.06. The molecule has 0 bridgehead atoms. The molecule has 0 fully saturated rings. The van der Waals surface area contributed by atoms with Crippen molar-refractivity contribution in [2.24, 2.45) is 5.92 Å². The lowest BCUT2D eigenvalue weighted by Gasteiger charge is -2.05. The van der Waals surface area contributed by atoms with Crippen LogP contribution in [0, 0.1) is 5.92 Å². The van der Waals surface area contributed by atoms with Gasteiger partial charge in [0.05, 0.1) is 11.6 Å². The molecule has 5 nitrogen and oxygen atoms in total. The van der Waals surface area contributed by atoms with E-state index in [1.807, 2.05) is 4.68 Å². The monoisotopic (exact) mass is 191 g/mol. The Morgan fingerprint density at radius 2 is 2.21 bits per heavy atom. The Bertz CT molecular complexity index is 445. The largest absolute Gasteiger partial charge is 0.383 e. The fourth-order valence-corrected chi connectivity index (χ4v) is 1.39. The van der Waals surface area contributed by atoms with Crippen LogP contribution in [-0.2, 0) is 6.54 Å². The molecule has 0 spiro atoms. The highest BCUT2D eigenvalue weighted by atomic mass is 15.3. The van der Waals surface area contributed by atoms with E-state index in [1.54, 1.807) is 6.20 Å². The summed E-state index contributed by atoms with van der Waals surface area (Å²) < 4.78 is 1.86. The van der Waals surface area contributed by atoms with Crippen LogP contribution < -0.4 is 5.73 Å². The topological polar surface area (TPSA) is 69.6 Å². The van der Waals surface area contributed by atoms with E-state index < -0.39 is 0 Å². The molecule has 2 aromatic rings. The first-order valence-corrected chi connectivity index (χ1v) is 4.60. The molecule has 0 aromatic carbocycles. The van der Waals surface area contributed by atoms with E-state index >= 15 is 0 Å². The zero-order chi connectivity index (χ0) is 10.1. The average molecular weight is 191 g/mol. The molecule has 2 heterocycles. The molecule has 0 aliphatic rings. The minimum atomic E-state index is 0.491. The Labute approximate surface area is 82.0 Å². The number of nitrogen functional groups attached to an aromatic ring is 1. The van der Waals surface area contributed by atoms with E-state index in [-0.39, 0.29) is 0 Å². The van der Waals surface area contributed by atoms with Crippen molar-refractivity contribution in [3.05, 3.63) is 12.5 Å². The van der Waals surface area contributed by atoms with Crippen LogP contribution in [0.4, 0.5) is 5.82 Å². The van der Waals surface area contributed by atoms with Gasteiger partial charge in [-0.1, -0.05) is 13.8 Å². The first-order valence-electron chi connectivity index (χ1n) is 4.60. The molecule has 0 atom stereocenters. The lowest BCUT2D eigenvalue weighted by atomic mass is 10.2. The van der Waals surface area contributed by atoms with E-state index in [0.717, 1.165) is 17.6 Å². The maximum atomic E-state index is 5.70. The highest BCUT2D eigenvalue weighted by molar-refractivity contribution is 5.84. The van der Waals surface area contributed by atoms with Gasteiger partial charge in [0.25, 0.3) is 0 Å². The summed E-state index contributed by atoms with van der Waals surface area (Å²) in [5, 5.41) is 5.06. The molecule has 0 unspecified atom stereocenters. The Morgan fingerprint density at radius 3 is 2.93 bits per heavy atom. The molecular weight excluding hydrogens is 178 g/mol. The summed E-state index contributed by atoms with van der Waals surface area (Å²) in [6, 6.07) is 0. The van der Waals surface area contributed by atoms with Gasteiger partial charge in [0.1, 0.15) is 12.1 Å². The number of aromatic nitrogens is 4. The molecule has 2 aromatic heterocycles. The first kappa shape index (κ1) is 8.93. The van der Waals surface area contributed by atoms with Crippen LogP contribution in [-0.4, -0.2) is 19.7 Å². The number of nitrogens with zero attached hydrogens (tertiary/aromatic N) is 4. The third-order valence-corrected chi connectivity index (χ3v) is 2.00. The molecule has 5 heteroatoms. The standard InChI is InChI=1S/C9H13N5/c1-6(2)4-14-9-7(3-13-14)8(10)11-5-12-9/h3,5-6H,4H2,1-2H3,(H2,10,11,12). The predicted molar refractivity (Wildman–Crippen MR) is 54.6 cm³/mol. The smallest absolute Gasteiger partial charge is 0.163 e. The van der Waals surface area contributed by atoms with Crippen LogP contribution >= 0.6 is 0 Å². The second-order valence-electron chi connectivity index (χ2n) is 3.72. The summed E-state index contributed by atoms with van der Waals surface area (Å²) in [4.78, 5) is 8.08. The quantitative estimate of drug-likeness (QED) is 0.770. The SMILES string of the molecule is CC(C)Cn1ncc2c(N)ncnc21. The number of anilines is 1. The van der Waals surface area contributed by atoms with Crippen molar-refractivity contribution in [3.8, 4) is 0 Å². The molecule has 0 aliphatic carbocycles. The Morgan fingerprint density at radius 1 is 1.43 bits per heavy atom. The van der Waals surface area contributed by atoms with E-state index in [0.29, 0.717) is 11.7 Å². The van der Waals surface area contributed by atoms with Gasteiger partial charge in [0, 0.05) is 6.54 Å². The molecule has 0 amide bonds. The van der Waals surface area contributed by atoms with Crippen molar-refractivity contribution in [1.82, 2.24) is 19.7 Å². The summed E-state index contributed by atoms with van der Waals surface area (Å²) in [5.41, 5.74) is 6.51. The summed E-state index contributed by atoms with van der Waals surface area (Å²) >= 11 is 0. The summed E-state index contributed by atoms with van der Waals surface area (Å²) in [5.74, 6) is 1.03. The Balaban J connectivity index is 2.52. The normalized spacial score (nSPS) is 11.4. The molecule has 0 radical (unpaired) electrons. The third kappa shape index (κ3) is 1.41. The lowest BCUT2D eigenvalue weighted by molar-refractivity contribution is 0.492. The van der Waals surface area contributed by atoms with Gasteiger partial charge in [-0.15, -0.1) is 0 Å². The van der Waals surface area contributed by atoms with Gasteiger partial charge in [-0.2, -0.15) is 5.10 Å². The van der Waals surface area contributed by atoms with Crippen molar-refractivity contribution in [2.45, 2.75) is 20.4 Å². The van der Waals surface area contributed by atoms with E-state index in [1.165, 1.54) is 6.33 Å². The number of rotatable bonds is 2. The van der Waals surface area contributed by atoms with Gasteiger partial charge in [0.2, 0.25) is 0 Å². The first-order chi connectivity index (χ1) is 6.68. The Hall–Kier alpha value is -1.65. The van der Waals surface area contributed by atoms with Gasteiger partial charge < -0.3 is 5.73 Å². The summed E-state index contributed by atoms with van der Waals surface area (Å²) in [6.07, 6.45) is 3.18. The average Bonchev–Trinajstić information content (AvgIpc) is 2.49. The number of hydrogen-bond acceptors (Lipinski definition) is 4. The van der Waals surface area contributed by atoms with Crippen molar-refractivity contribution in [1.29, 1.82) is 0 Å². The fraction of sp³-hybridized carbons (Fsp3) is 0.444. The van der Waals surface area contributed by atoms with Gasteiger partial charge in [-0.3, -0.25) is 0 Å². The maximum Gasteiger partial charge on any atom is 0.163 e. The summed E-state index contributed by atoms with van der Waals surface area (Å²) in [6.45, 7) is 5.12.